The Kier molecular flexibility index (Phi) is 7.13. The monoisotopic (exact) mass is 366 g/mol. The van der Waals surface area contributed by atoms with Crippen LogP contribution in [0.5, 0.6) is 5.75 Å². The van der Waals surface area contributed by atoms with Gasteiger partial charge >= 0.3 is 0 Å². The van der Waals surface area contributed by atoms with Crippen LogP contribution in [0.2, 0.25) is 0 Å². The molecule has 0 bridgehead atoms. The summed E-state index contributed by atoms with van der Waals surface area (Å²) in [6, 6.07) is 7.84. The number of hydrogen-bond acceptors (Lipinski definition) is 5. The number of carbonyl (C=O) groups is 2. The first-order valence-corrected chi connectivity index (χ1v) is 9.36. The summed E-state index contributed by atoms with van der Waals surface area (Å²) in [5, 5.41) is -0.0232. The van der Waals surface area contributed by atoms with E-state index in [9.17, 15) is 9.59 Å². The number of carbonyl (C=O) groups excluding carboxylic acids is 2. The Labute approximate surface area is 153 Å². The predicted molar refractivity (Wildman–Crippen MR) is 98.6 cm³/mol. The zero-order valence-corrected chi connectivity index (χ0v) is 16.0. The Morgan fingerprint density at radius 3 is 2.56 bits per heavy atom. The van der Waals surface area contributed by atoms with E-state index >= 15 is 0 Å². The predicted octanol–water partition coefficient (Wildman–Crippen LogP) is 2.15. The molecular formula is C18H26N2O4S. The first kappa shape index (κ1) is 19.6. The van der Waals surface area contributed by atoms with Crippen LogP contribution < -0.4 is 4.74 Å². The van der Waals surface area contributed by atoms with Gasteiger partial charge in [0.1, 0.15) is 17.7 Å². The van der Waals surface area contributed by atoms with E-state index in [0.29, 0.717) is 18.8 Å². The third kappa shape index (κ3) is 4.89. The average molecular weight is 366 g/mol. The summed E-state index contributed by atoms with van der Waals surface area (Å²) in [5.41, 5.74) is 1.07. The fraction of sp³-hybridized carbons (Fsp3) is 0.556. The molecule has 1 aliphatic rings. The van der Waals surface area contributed by atoms with Crippen molar-refractivity contribution in [1.82, 2.24) is 9.80 Å². The second-order valence-electron chi connectivity index (χ2n) is 6.14. The van der Waals surface area contributed by atoms with Crippen LogP contribution in [-0.4, -0.2) is 67.3 Å². The maximum atomic E-state index is 12.3. The van der Waals surface area contributed by atoms with E-state index in [1.54, 1.807) is 23.8 Å². The summed E-state index contributed by atoms with van der Waals surface area (Å²) in [6.07, 6.45) is 0. The Morgan fingerprint density at radius 2 is 2.00 bits per heavy atom. The number of hydrogen-bond donors (Lipinski definition) is 0. The highest BCUT2D eigenvalue weighted by Crippen LogP contribution is 2.38. The van der Waals surface area contributed by atoms with Gasteiger partial charge in [-0.3, -0.25) is 9.59 Å². The van der Waals surface area contributed by atoms with E-state index < -0.39 is 0 Å². The van der Waals surface area contributed by atoms with Gasteiger partial charge in [0.2, 0.25) is 11.8 Å². The van der Waals surface area contributed by atoms with Crippen molar-refractivity contribution in [3.63, 3.8) is 0 Å². The maximum absolute atomic E-state index is 12.3. The topological polar surface area (TPSA) is 59.1 Å². The number of nitrogens with zero attached hydrogens (tertiary/aromatic N) is 2. The highest BCUT2D eigenvalue weighted by Gasteiger charge is 2.33. The van der Waals surface area contributed by atoms with Gasteiger partial charge in [-0.15, -0.1) is 11.8 Å². The van der Waals surface area contributed by atoms with Gasteiger partial charge in [-0.1, -0.05) is 12.1 Å². The number of rotatable bonds is 8. The Morgan fingerprint density at radius 1 is 1.32 bits per heavy atom. The van der Waals surface area contributed by atoms with Crippen molar-refractivity contribution in [3.8, 4) is 5.75 Å². The van der Waals surface area contributed by atoms with Gasteiger partial charge < -0.3 is 19.3 Å². The van der Waals surface area contributed by atoms with E-state index in [4.69, 9.17) is 9.47 Å². The molecule has 0 N–H and O–H groups in total. The molecule has 1 atom stereocenters. The molecule has 7 heteroatoms. The molecule has 6 nitrogen and oxygen atoms in total. The molecule has 0 aromatic heterocycles. The van der Waals surface area contributed by atoms with Gasteiger partial charge in [-0.25, -0.2) is 0 Å². The van der Waals surface area contributed by atoms with Crippen molar-refractivity contribution < 1.29 is 19.1 Å². The lowest BCUT2D eigenvalue weighted by Gasteiger charge is -2.31. The zero-order valence-electron chi connectivity index (χ0n) is 15.2. The van der Waals surface area contributed by atoms with Crippen molar-refractivity contribution in [2.45, 2.75) is 25.3 Å². The summed E-state index contributed by atoms with van der Waals surface area (Å²) in [6.45, 7) is 5.00. The molecule has 0 radical (unpaired) electrons. The van der Waals surface area contributed by atoms with E-state index in [-0.39, 0.29) is 29.8 Å². The highest BCUT2D eigenvalue weighted by molar-refractivity contribution is 8.00. The molecular weight excluding hydrogens is 340 g/mol. The number of benzene rings is 1. The molecule has 0 unspecified atom stereocenters. The SMILES string of the molecule is COCC(=O)N(CCN1C(=O)CS[C@@H]1c1ccc(OC)cc1)C(C)C. The third-order valence-electron chi connectivity index (χ3n) is 4.16. The van der Waals surface area contributed by atoms with E-state index in [1.165, 1.54) is 7.11 Å². The van der Waals surface area contributed by atoms with Crippen LogP contribution in [0.3, 0.4) is 0 Å². The molecule has 0 aliphatic carbocycles. The minimum Gasteiger partial charge on any atom is -0.497 e. The van der Waals surface area contributed by atoms with Gasteiger partial charge in [0.15, 0.2) is 0 Å². The third-order valence-corrected chi connectivity index (χ3v) is 5.42. The minimum atomic E-state index is -0.0576. The average Bonchev–Trinajstić information content (AvgIpc) is 2.96. The number of amides is 2. The molecule has 25 heavy (non-hydrogen) atoms. The molecule has 1 aliphatic heterocycles. The molecule has 138 valence electrons. The smallest absolute Gasteiger partial charge is 0.248 e. The normalized spacial score (nSPS) is 17.2. The number of ether oxygens (including phenoxy) is 2. The molecule has 1 saturated heterocycles. The van der Waals surface area contributed by atoms with Crippen molar-refractivity contribution >= 4 is 23.6 Å². The van der Waals surface area contributed by atoms with Crippen LogP contribution in [0.4, 0.5) is 0 Å². The summed E-state index contributed by atoms with van der Waals surface area (Å²) in [5.74, 6) is 1.30. The van der Waals surface area contributed by atoms with Gasteiger partial charge in [-0.2, -0.15) is 0 Å². The number of thioether (sulfide) groups is 1. The maximum Gasteiger partial charge on any atom is 0.248 e. The van der Waals surface area contributed by atoms with Crippen LogP contribution >= 0.6 is 11.8 Å². The Bertz CT molecular complexity index is 591. The van der Waals surface area contributed by atoms with Crippen molar-refractivity contribution in [3.05, 3.63) is 29.8 Å². The number of methoxy groups -OCH3 is 2. The zero-order chi connectivity index (χ0) is 18.4. The fourth-order valence-electron chi connectivity index (χ4n) is 2.83. The van der Waals surface area contributed by atoms with Gasteiger partial charge in [-0.05, 0) is 31.5 Å². The van der Waals surface area contributed by atoms with Crippen LogP contribution in [0.25, 0.3) is 0 Å². The van der Waals surface area contributed by atoms with Crippen LogP contribution in [0, 0.1) is 0 Å². The first-order chi connectivity index (χ1) is 12.0. The first-order valence-electron chi connectivity index (χ1n) is 8.31. The fourth-order valence-corrected chi connectivity index (χ4v) is 4.05. The molecule has 2 rings (SSSR count). The van der Waals surface area contributed by atoms with Crippen LogP contribution in [-0.2, 0) is 14.3 Å². The standard InChI is InChI=1S/C18H26N2O4S/c1-13(2)19(16(21)11-23-3)9-10-20-17(22)12-25-18(20)14-5-7-15(24-4)8-6-14/h5-8,13,18H,9-12H2,1-4H3/t18-/m1/s1. The van der Waals surface area contributed by atoms with Crippen LogP contribution in [0.1, 0.15) is 24.8 Å². The van der Waals surface area contributed by atoms with E-state index in [2.05, 4.69) is 0 Å². The Balaban J connectivity index is 2.06. The second-order valence-corrected chi connectivity index (χ2v) is 7.21. The molecule has 1 aromatic rings. The largest absolute Gasteiger partial charge is 0.497 e. The summed E-state index contributed by atoms with van der Waals surface area (Å²) in [4.78, 5) is 28.1. The molecule has 2 amide bonds. The van der Waals surface area contributed by atoms with E-state index in [0.717, 1.165) is 11.3 Å². The van der Waals surface area contributed by atoms with Crippen LogP contribution in [0.15, 0.2) is 24.3 Å². The lowest BCUT2D eigenvalue weighted by atomic mass is 10.2. The molecule has 1 fully saturated rings. The summed E-state index contributed by atoms with van der Waals surface area (Å²) >= 11 is 1.61. The van der Waals surface area contributed by atoms with Gasteiger partial charge in [0, 0.05) is 26.2 Å². The second kappa shape index (κ2) is 9.10. The van der Waals surface area contributed by atoms with Crippen molar-refractivity contribution in [2.24, 2.45) is 0 Å². The molecule has 1 heterocycles. The lowest BCUT2D eigenvalue weighted by Crippen LogP contribution is -2.44. The van der Waals surface area contributed by atoms with Gasteiger partial charge in [0.25, 0.3) is 0 Å². The lowest BCUT2D eigenvalue weighted by molar-refractivity contribution is -0.138. The van der Waals surface area contributed by atoms with Crippen molar-refractivity contribution in [2.75, 3.05) is 39.7 Å². The molecule has 1 aromatic carbocycles. The summed E-state index contributed by atoms with van der Waals surface area (Å²) < 4.78 is 10.1. The minimum absolute atomic E-state index is 0.0232. The van der Waals surface area contributed by atoms with Gasteiger partial charge in [0.05, 0.1) is 12.9 Å². The van der Waals surface area contributed by atoms with Crippen molar-refractivity contribution in [1.29, 1.82) is 0 Å². The molecule has 0 saturated carbocycles. The van der Waals surface area contributed by atoms with E-state index in [1.807, 2.05) is 43.0 Å². The Hall–Kier alpha value is -1.73. The summed E-state index contributed by atoms with van der Waals surface area (Å²) in [7, 11) is 3.14. The molecule has 0 spiro atoms. The quantitative estimate of drug-likeness (QED) is 0.706. The highest BCUT2D eigenvalue weighted by atomic mass is 32.2.